The summed E-state index contributed by atoms with van der Waals surface area (Å²) in [5.74, 6) is 2.34. The predicted octanol–water partition coefficient (Wildman–Crippen LogP) is 0.757. The Bertz CT molecular complexity index is 408. The SMILES string of the molecule is CC(C)Cc1nc2nc(CCN)cn2[nH]1. The van der Waals surface area contributed by atoms with Crippen LogP contribution in [0.3, 0.4) is 0 Å². The van der Waals surface area contributed by atoms with E-state index in [2.05, 4.69) is 28.9 Å². The van der Waals surface area contributed by atoms with Gasteiger partial charge < -0.3 is 5.73 Å². The van der Waals surface area contributed by atoms with Crippen LogP contribution in [0.4, 0.5) is 0 Å². The van der Waals surface area contributed by atoms with Gasteiger partial charge in [-0.15, -0.1) is 0 Å². The van der Waals surface area contributed by atoms with Crippen LogP contribution >= 0.6 is 0 Å². The monoisotopic (exact) mass is 207 g/mol. The van der Waals surface area contributed by atoms with E-state index in [1.165, 1.54) is 0 Å². The highest BCUT2D eigenvalue weighted by Crippen LogP contribution is 2.07. The Morgan fingerprint density at radius 3 is 2.87 bits per heavy atom. The third-order valence-corrected chi connectivity index (χ3v) is 2.22. The van der Waals surface area contributed by atoms with E-state index in [9.17, 15) is 0 Å². The Morgan fingerprint density at radius 2 is 2.27 bits per heavy atom. The van der Waals surface area contributed by atoms with Crippen LogP contribution in [-0.2, 0) is 12.8 Å². The number of imidazole rings is 1. The lowest BCUT2D eigenvalue weighted by molar-refractivity contribution is 0.620. The van der Waals surface area contributed by atoms with Crippen molar-refractivity contribution in [2.75, 3.05) is 6.54 Å². The number of nitrogens with one attached hydrogen (secondary N) is 1. The van der Waals surface area contributed by atoms with Crippen molar-refractivity contribution in [1.82, 2.24) is 19.6 Å². The molecule has 0 atom stereocenters. The highest BCUT2D eigenvalue weighted by molar-refractivity contribution is 5.29. The third kappa shape index (κ3) is 2.18. The molecule has 0 unspecified atom stereocenters. The predicted molar refractivity (Wildman–Crippen MR) is 58.6 cm³/mol. The minimum Gasteiger partial charge on any atom is -0.330 e. The van der Waals surface area contributed by atoms with Gasteiger partial charge in [0, 0.05) is 12.8 Å². The second-order valence-electron chi connectivity index (χ2n) is 4.21. The summed E-state index contributed by atoms with van der Waals surface area (Å²) < 4.78 is 1.86. The van der Waals surface area contributed by atoms with Gasteiger partial charge in [-0.25, -0.2) is 9.50 Å². The zero-order valence-corrected chi connectivity index (χ0v) is 9.20. The Kier molecular flexibility index (Phi) is 2.73. The molecule has 15 heavy (non-hydrogen) atoms. The van der Waals surface area contributed by atoms with Crippen molar-refractivity contribution in [3.05, 3.63) is 17.7 Å². The number of hydrogen-bond acceptors (Lipinski definition) is 3. The van der Waals surface area contributed by atoms with Gasteiger partial charge in [0.1, 0.15) is 5.82 Å². The van der Waals surface area contributed by atoms with E-state index in [1.54, 1.807) is 0 Å². The van der Waals surface area contributed by atoms with E-state index in [1.807, 2.05) is 10.7 Å². The summed E-state index contributed by atoms with van der Waals surface area (Å²) in [4.78, 5) is 8.78. The van der Waals surface area contributed by atoms with Crippen LogP contribution in [0.25, 0.3) is 5.78 Å². The summed E-state index contributed by atoms with van der Waals surface area (Å²) in [5.41, 5.74) is 6.46. The molecule has 0 radical (unpaired) electrons. The fraction of sp³-hybridized carbons (Fsp3) is 0.600. The lowest BCUT2D eigenvalue weighted by atomic mass is 10.1. The average molecular weight is 207 g/mol. The van der Waals surface area contributed by atoms with E-state index in [0.29, 0.717) is 12.5 Å². The molecule has 0 amide bonds. The normalized spacial score (nSPS) is 11.7. The van der Waals surface area contributed by atoms with Crippen molar-refractivity contribution >= 4 is 5.78 Å². The van der Waals surface area contributed by atoms with E-state index in [4.69, 9.17) is 5.73 Å². The fourth-order valence-electron chi connectivity index (χ4n) is 1.61. The van der Waals surface area contributed by atoms with Crippen molar-refractivity contribution in [1.29, 1.82) is 0 Å². The van der Waals surface area contributed by atoms with E-state index in [0.717, 1.165) is 30.1 Å². The molecular weight excluding hydrogens is 190 g/mol. The maximum absolute atomic E-state index is 5.47. The largest absolute Gasteiger partial charge is 0.330 e. The number of hydrogen-bond donors (Lipinski definition) is 2. The lowest BCUT2D eigenvalue weighted by Gasteiger charge is -1.98. The molecule has 0 aliphatic rings. The average Bonchev–Trinajstić information content (AvgIpc) is 2.60. The molecule has 3 N–H and O–H groups in total. The van der Waals surface area contributed by atoms with Crippen molar-refractivity contribution in [3.8, 4) is 0 Å². The van der Waals surface area contributed by atoms with Crippen LogP contribution < -0.4 is 5.73 Å². The Labute approximate surface area is 88.7 Å². The van der Waals surface area contributed by atoms with Gasteiger partial charge in [0.15, 0.2) is 0 Å². The maximum Gasteiger partial charge on any atom is 0.250 e. The highest BCUT2D eigenvalue weighted by Gasteiger charge is 2.07. The number of aromatic nitrogens is 4. The molecule has 2 aromatic rings. The summed E-state index contributed by atoms with van der Waals surface area (Å²) in [6.45, 7) is 4.97. The summed E-state index contributed by atoms with van der Waals surface area (Å²) in [5, 5.41) is 3.21. The number of aromatic amines is 1. The van der Waals surface area contributed by atoms with Gasteiger partial charge >= 0.3 is 0 Å². The zero-order chi connectivity index (χ0) is 10.8. The van der Waals surface area contributed by atoms with E-state index >= 15 is 0 Å². The van der Waals surface area contributed by atoms with Crippen molar-refractivity contribution in [3.63, 3.8) is 0 Å². The number of nitrogens with zero attached hydrogens (tertiary/aromatic N) is 3. The third-order valence-electron chi connectivity index (χ3n) is 2.22. The van der Waals surface area contributed by atoms with Crippen LogP contribution in [0.15, 0.2) is 6.20 Å². The molecule has 0 bridgehead atoms. The number of nitrogens with two attached hydrogens (primary N) is 1. The molecule has 2 rings (SSSR count). The molecule has 2 heterocycles. The topological polar surface area (TPSA) is 72.0 Å². The second kappa shape index (κ2) is 4.02. The molecule has 0 aliphatic heterocycles. The highest BCUT2D eigenvalue weighted by atomic mass is 15.3. The van der Waals surface area contributed by atoms with Crippen LogP contribution in [-0.4, -0.2) is 26.1 Å². The molecule has 0 aliphatic carbocycles. The smallest absolute Gasteiger partial charge is 0.250 e. The first-order valence-corrected chi connectivity index (χ1v) is 5.32. The molecular formula is C10H17N5. The molecule has 0 fully saturated rings. The first kappa shape index (κ1) is 10.2. The lowest BCUT2D eigenvalue weighted by Crippen LogP contribution is -2.03. The van der Waals surface area contributed by atoms with Crippen molar-refractivity contribution in [2.24, 2.45) is 11.7 Å². The fourth-order valence-corrected chi connectivity index (χ4v) is 1.61. The van der Waals surface area contributed by atoms with Gasteiger partial charge in [-0.3, -0.25) is 5.10 Å². The molecule has 0 saturated carbocycles. The Hall–Kier alpha value is -1.36. The molecule has 82 valence electrons. The molecule has 5 nitrogen and oxygen atoms in total. The molecule has 0 saturated heterocycles. The summed E-state index contributed by atoms with van der Waals surface area (Å²) >= 11 is 0. The van der Waals surface area contributed by atoms with Gasteiger partial charge in [0.25, 0.3) is 5.78 Å². The summed E-state index contributed by atoms with van der Waals surface area (Å²) in [7, 11) is 0. The molecule has 2 aromatic heterocycles. The van der Waals surface area contributed by atoms with Crippen LogP contribution in [0, 0.1) is 5.92 Å². The first-order chi connectivity index (χ1) is 7.19. The van der Waals surface area contributed by atoms with Gasteiger partial charge in [-0.1, -0.05) is 13.8 Å². The van der Waals surface area contributed by atoms with Gasteiger partial charge in [-0.05, 0) is 12.5 Å². The number of fused-ring (bicyclic) bond motifs is 1. The summed E-state index contributed by atoms with van der Waals surface area (Å²) in [6.07, 6.45) is 3.71. The van der Waals surface area contributed by atoms with Gasteiger partial charge in [0.05, 0.1) is 11.9 Å². The summed E-state index contributed by atoms with van der Waals surface area (Å²) in [6, 6.07) is 0. The second-order valence-corrected chi connectivity index (χ2v) is 4.21. The van der Waals surface area contributed by atoms with Crippen LogP contribution in [0.1, 0.15) is 25.4 Å². The van der Waals surface area contributed by atoms with Crippen molar-refractivity contribution in [2.45, 2.75) is 26.7 Å². The Morgan fingerprint density at radius 1 is 1.47 bits per heavy atom. The minimum atomic E-state index is 0.601. The van der Waals surface area contributed by atoms with E-state index < -0.39 is 0 Å². The molecule has 0 aromatic carbocycles. The number of rotatable bonds is 4. The van der Waals surface area contributed by atoms with Crippen molar-refractivity contribution < 1.29 is 0 Å². The Balaban J connectivity index is 2.22. The minimum absolute atomic E-state index is 0.601. The quantitative estimate of drug-likeness (QED) is 0.777. The van der Waals surface area contributed by atoms with Gasteiger partial charge in [0.2, 0.25) is 0 Å². The zero-order valence-electron chi connectivity index (χ0n) is 9.20. The number of H-pyrrole nitrogens is 1. The van der Waals surface area contributed by atoms with Crippen LogP contribution in [0.2, 0.25) is 0 Å². The first-order valence-electron chi connectivity index (χ1n) is 5.32. The van der Waals surface area contributed by atoms with Crippen LogP contribution in [0.5, 0.6) is 0 Å². The molecule has 5 heteroatoms. The standard InChI is InChI=1S/C10H17N5/c1-7(2)5-9-13-10-12-8(3-4-11)6-15(10)14-9/h6-7H,3-5,11H2,1-2H3,(H,12,13,14). The molecule has 0 spiro atoms. The van der Waals surface area contributed by atoms with Gasteiger partial charge in [-0.2, -0.15) is 4.98 Å². The maximum atomic E-state index is 5.47. The van der Waals surface area contributed by atoms with E-state index in [-0.39, 0.29) is 0 Å².